The molecule has 0 fully saturated rings. The van der Waals surface area contributed by atoms with E-state index >= 15 is 0 Å². The fourth-order valence-electron chi connectivity index (χ4n) is 3.45. The zero-order valence-electron chi connectivity index (χ0n) is 15.6. The Morgan fingerprint density at radius 1 is 0.852 bits per heavy atom. The summed E-state index contributed by atoms with van der Waals surface area (Å²) in [6, 6.07) is 25.0. The lowest BCUT2D eigenvalue weighted by atomic mass is 9.99. The maximum atomic E-state index is 5.82. The highest BCUT2D eigenvalue weighted by Crippen LogP contribution is 2.35. The Morgan fingerprint density at radius 3 is 2.15 bits per heavy atom. The van der Waals surface area contributed by atoms with E-state index in [1.165, 1.54) is 11.1 Å². The number of hydrogen-bond acceptors (Lipinski definition) is 2. The van der Waals surface area contributed by atoms with Crippen LogP contribution >= 0.6 is 0 Å². The number of rotatable bonds is 5. The van der Waals surface area contributed by atoms with Gasteiger partial charge in [-0.05, 0) is 35.2 Å². The molecular weight excluding hydrogens is 332 g/mol. The summed E-state index contributed by atoms with van der Waals surface area (Å²) in [5.41, 5.74) is 5.71. The second kappa shape index (κ2) is 7.50. The van der Waals surface area contributed by atoms with Crippen molar-refractivity contribution < 1.29 is 4.74 Å². The van der Waals surface area contributed by atoms with Gasteiger partial charge < -0.3 is 4.74 Å². The van der Waals surface area contributed by atoms with Crippen LogP contribution in [0.2, 0.25) is 0 Å². The van der Waals surface area contributed by atoms with Gasteiger partial charge in [-0.2, -0.15) is 0 Å². The van der Waals surface area contributed by atoms with Crippen LogP contribution in [0.1, 0.15) is 12.5 Å². The van der Waals surface area contributed by atoms with Crippen LogP contribution in [0.5, 0.6) is 5.75 Å². The lowest BCUT2D eigenvalue weighted by molar-refractivity contribution is 0.412. The average Bonchev–Trinajstić information content (AvgIpc) is 3.23. The van der Waals surface area contributed by atoms with Gasteiger partial charge in [-0.3, -0.25) is 4.57 Å². The summed E-state index contributed by atoms with van der Waals surface area (Å²) in [4.78, 5) is 4.60. The van der Waals surface area contributed by atoms with Gasteiger partial charge in [-0.25, -0.2) is 4.98 Å². The molecule has 3 nitrogen and oxygen atoms in total. The Kier molecular flexibility index (Phi) is 4.75. The van der Waals surface area contributed by atoms with Gasteiger partial charge in [0.2, 0.25) is 0 Å². The van der Waals surface area contributed by atoms with Crippen molar-refractivity contribution in [2.45, 2.75) is 13.3 Å². The molecule has 4 aromatic rings. The molecule has 0 unspecified atom stereocenters. The predicted molar refractivity (Wildman–Crippen MR) is 110 cm³/mol. The third kappa shape index (κ3) is 3.24. The number of aryl methyl sites for hydroxylation is 1. The van der Waals surface area contributed by atoms with E-state index < -0.39 is 0 Å². The van der Waals surface area contributed by atoms with Crippen LogP contribution in [-0.2, 0) is 6.42 Å². The summed E-state index contributed by atoms with van der Waals surface area (Å²) in [5, 5.41) is 0. The molecule has 1 heterocycles. The number of methoxy groups -OCH3 is 1. The maximum Gasteiger partial charge on any atom is 0.144 e. The summed E-state index contributed by atoms with van der Waals surface area (Å²) in [6.07, 6.45) is 4.74. The third-order valence-electron chi connectivity index (χ3n) is 4.78. The van der Waals surface area contributed by atoms with Crippen molar-refractivity contribution in [3.05, 3.63) is 90.8 Å². The minimum atomic E-state index is 0.850. The standard InChI is InChI=1S/C24H22N2O/c1-3-18-16-21(19-10-6-4-7-11-19)17-22(27-2)23(18)26-15-14-25-24(26)20-12-8-5-9-13-20/h4-17H,3H2,1-2H3. The quantitative estimate of drug-likeness (QED) is 0.454. The number of benzene rings is 3. The second-order valence-corrected chi connectivity index (χ2v) is 6.39. The normalized spacial score (nSPS) is 10.7. The highest BCUT2D eigenvalue weighted by molar-refractivity contribution is 5.72. The van der Waals surface area contributed by atoms with Gasteiger partial charge in [0.1, 0.15) is 11.6 Å². The lowest BCUT2D eigenvalue weighted by Crippen LogP contribution is -2.04. The van der Waals surface area contributed by atoms with Crippen molar-refractivity contribution in [3.8, 4) is 34.0 Å². The SMILES string of the molecule is CCc1cc(-c2ccccc2)cc(OC)c1-n1ccnc1-c1ccccc1. The third-order valence-corrected chi connectivity index (χ3v) is 4.78. The maximum absolute atomic E-state index is 5.82. The van der Waals surface area contributed by atoms with Gasteiger partial charge in [0.15, 0.2) is 0 Å². The number of ether oxygens (including phenoxy) is 1. The van der Waals surface area contributed by atoms with E-state index in [0.29, 0.717) is 0 Å². The fourth-order valence-corrected chi connectivity index (χ4v) is 3.45. The smallest absolute Gasteiger partial charge is 0.144 e. The van der Waals surface area contributed by atoms with Crippen LogP contribution in [0.3, 0.4) is 0 Å². The molecule has 0 aliphatic rings. The molecule has 3 heteroatoms. The lowest BCUT2D eigenvalue weighted by Gasteiger charge is -2.18. The molecular formula is C24H22N2O. The van der Waals surface area contributed by atoms with Crippen molar-refractivity contribution >= 4 is 0 Å². The predicted octanol–water partition coefficient (Wildman–Crippen LogP) is 5.78. The molecule has 0 spiro atoms. The van der Waals surface area contributed by atoms with Crippen molar-refractivity contribution in [2.75, 3.05) is 7.11 Å². The van der Waals surface area contributed by atoms with Crippen LogP contribution < -0.4 is 4.74 Å². The number of aromatic nitrogens is 2. The number of hydrogen-bond donors (Lipinski definition) is 0. The van der Waals surface area contributed by atoms with Gasteiger partial charge in [-0.15, -0.1) is 0 Å². The summed E-state index contributed by atoms with van der Waals surface area (Å²) in [5.74, 6) is 1.76. The first-order valence-corrected chi connectivity index (χ1v) is 9.17. The van der Waals surface area contributed by atoms with E-state index in [9.17, 15) is 0 Å². The number of imidazole rings is 1. The van der Waals surface area contributed by atoms with E-state index in [2.05, 4.69) is 65.0 Å². The van der Waals surface area contributed by atoms with Gasteiger partial charge in [0.25, 0.3) is 0 Å². The first-order valence-electron chi connectivity index (χ1n) is 9.17. The summed E-state index contributed by atoms with van der Waals surface area (Å²) in [7, 11) is 1.73. The molecule has 0 aliphatic carbocycles. The van der Waals surface area contributed by atoms with Gasteiger partial charge >= 0.3 is 0 Å². The largest absolute Gasteiger partial charge is 0.495 e. The molecule has 134 valence electrons. The molecule has 0 aliphatic heterocycles. The molecule has 0 atom stereocenters. The second-order valence-electron chi connectivity index (χ2n) is 6.39. The van der Waals surface area contributed by atoms with E-state index in [4.69, 9.17) is 4.74 Å². The minimum Gasteiger partial charge on any atom is -0.495 e. The zero-order chi connectivity index (χ0) is 18.6. The first kappa shape index (κ1) is 17.1. The van der Waals surface area contributed by atoms with Crippen molar-refractivity contribution in [1.29, 1.82) is 0 Å². The Morgan fingerprint density at radius 2 is 1.52 bits per heavy atom. The van der Waals surface area contributed by atoms with Gasteiger partial charge in [-0.1, -0.05) is 67.6 Å². The molecule has 0 radical (unpaired) electrons. The van der Waals surface area contributed by atoms with Crippen LogP contribution in [-0.4, -0.2) is 16.7 Å². The number of nitrogens with zero attached hydrogens (tertiary/aromatic N) is 2. The van der Waals surface area contributed by atoms with Crippen molar-refractivity contribution in [1.82, 2.24) is 9.55 Å². The molecule has 0 N–H and O–H groups in total. The van der Waals surface area contributed by atoms with Crippen LogP contribution in [0.25, 0.3) is 28.2 Å². The molecule has 0 saturated carbocycles. The van der Waals surface area contributed by atoms with E-state index in [-0.39, 0.29) is 0 Å². The molecule has 0 amide bonds. The summed E-state index contributed by atoms with van der Waals surface area (Å²) < 4.78 is 7.94. The monoisotopic (exact) mass is 354 g/mol. The Labute approximate surface area is 159 Å². The highest BCUT2D eigenvalue weighted by atomic mass is 16.5. The van der Waals surface area contributed by atoms with E-state index in [0.717, 1.165) is 34.8 Å². The van der Waals surface area contributed by atoms with E-state index in [1.807, 2.05) is 36.7 Å². The van der Waals surface area contributed by atoms with E-state index in [1.54, 1.807) is 7.11 Å². The molecule has 4 rings (SSSR count). The first-order chi connectivity index (χ1) is 13.3. The zero-order valence-corrected chi connectivity index (χ0v) is 15.6. The summed E-state index contributed by atoms with van der Waals surface area (Å²) >= 11 is 0. The molecule has 0 bridgehead atoms. The van der Waals surface area contributed by atoms with Crippen LogP contribution in [0, 0.1) is 0 Å². The van der Waals surface area contributed by atoms with Crippen molar-refractivity contribution in [2.24, 2.45) is 0 Å². The Hall–Kier alpha value is -3.33. The molecule has 0 saturated heterocycles. The topological polar surface area (TPSA) is 27.1 Å². The highest BCUT2D eigenvalue weighted by Gasteiger charge is 2.17. The summed E-state index contributed by atoms with van der Waals surface area (Å²) in [6.45, 7) is 2.17. The Balaban J connectivity index is 1.91. The van der Waals surface area contributed by atoms with Gasteiger partial charge in [0.05, 0.1) is 12.8 Å². The van der Waals surface area contributed by atoms with Crippen LogP contribution in [0.4, 0.5) is 0 Å². The Bertz CT molecular complexity index is 1010. The van der Waals surface area contributed by atoms with Crippen LogP contribution in [0.15, 0.2) is 85.2 Å². The fraction of sp³-hybridized carbons (Fsp3) is 0.125. The molecule has 1 aromatic heterocycles. The average molecular weight is 354 g/mol. The molecule has 3 aromatic carbocycles. The minimum absolute atomic E-state index is 0.850. The molecule has 27 heavy (non-hydrogen) atoms. The van der Waals surface area contributed by atoms with Crippen molar-refractivity contribution in [3.63, 3.8) is 0 Å². The van der Waals surface area contributed by atoms with Gasteiger partial charge in [0, 0.05) is 18.0 Å².